The molecule has 0 aliphatic heterocycles. The van der Waals surface area contributed by atoms with Crippen molar-refractivity contribution in [2.45, 2.75) is 12.6 Å². The highest BCUT2D eigenvalue weighted by molar-refractivity contribution is 6.30. The Morgan fingerprint density at radius 1 is 1.10 bits per heavy atom. The fourth-order valence-corrected chi connectivity index (χ4v) is 2.43. The maximum absolute atomic E-state index is 13.0. The Kier molecular flexibility index (Phi) is 3.37. The third kappa shape index (κ3) is 2.74. The van der Waals surface area contributed by atoms with Gasteiger partial charge in [-0.15, -0.1) is 0 Å². The van der Waals surface area contributed by atoms with Gasteiger partial charge in [0.2, 0.25) is 0 Å². The first-order valence-corrected chi connectivity index (χ1v) is 6.59. The zero-order chi connectivity index (χ0) is 15.0. The Labute approximate surface area is 123 Å². The first-order valence-electron chi connectivity index (χ1n) is 6.22. The fraction of sp³-hybridized carbons (Fsp3) is 0.133. The number of pyridine rings is 1. The monoisotopic (exact) mass is 310 g/mol. The van der Waals surface area contributed by atoms with Gasteiger partial charge in [-0.25, -0.2) is 4.98 Å². The second-order valence-corrected chi connectivity index (χ2v) is 5.08. The van der Waals surface area contributed by atoms with E-state index < -0.39 is 11.7 Å². The second kappa shape index (κ2) is 5.07. The van der Waals surface area contributed by atoms with E-state index in [0.29, 0.717) is 10.8 Å². The van der Waals surface area contributed by atoms with Gasteiger partial charge in [0.15, 0.2) is 0 Å². The van der Waals surface area contributed by atoms with Crippen molar-refractivity contribution >= 4 is 17.1 Å². The molecule has 0 amide bonds. The molecule has 21 heavy (non-hydrogen) atoms. The molecule has 108 valence electrons. The number of benzene rings is 1. The topological polar surface area (TPSA) is 17.3 Å². The highest BCUT2D eigenvalue weighted by atomic mass is 35.5. The summed E-state index contributed by atoms with van der Waals surface area (Å²) in [5.41, 5.74) is 0.347. The molecule has 2 aromatic heterocycles. The van der Waals surface area contributed by atoms with Crippen LogP contribution in [0.4, 0.5) is 13.2 Å². The molecule has 0 fully saturated rings. The minimum atomic E-state index is -4.37. The molecule has 0 radical (unpaired) electrons. The summed E-state index contributed by atoms with van der Waals surface area (Å²) in [6.07, 6.45) is -1.03. The number of fused-ring (bicyclic) bond motifs is 1. The molecule has 0 saturated carbocycles. The quantitative estimate of drug-likeness (QED) is 0.676. The Balaban J connectivity index is 2.05. The van der Waals surface area contributed by atoms with Gasteiger partial charge < -0.3 is 4.40 Å². The van der Waals surface area contributed by atoms with Gasteiger partial charge in [-0.2, -0.15) is 13.2 Å². The van der Waals surface area contributed by atoms with E-state index in [4.69, 9.17) is 11.6 Å². The van der Waals surface area contributed by atoms with Crippen LogP contribution in [0.15, 0.2) is 48.8 Å². The number of imidazole rings is 1. The molecule has 6 heteroatoms. The van der Waals surface area contributed by atoms with Gasteiger partial charge in [-0.1, -0.05) is 29.8 Å². The number of hydrogen-bond donors (Lipinski definition) is 0. The first kappa shape index (κ1) is 13.9. The lowest BCUT2D eigenvalue weighted by Gasteiger charge is -2.12. The van der Waals surface area contributed by atoms with E-state index in [9.17, 15) is 13.2 Å². The molecule has 1 aromatic carbocycles. The molecule has 0 aliphatic rings. The van der Waals surface area contributed by atoms with Crippen LogP contribution in [-0.4, -0.2) is 9.38 Å². The molecule has 0 N–H and O–H groups in total. The largest absolute Gasteiger partial charge is 0.416 e. The minimum Gasteiger partial charge on any atom is -0.302 e. The van der Waals surface area contributed by atoms with E-state index >= 15 is 0 Å². The van der Waals surface area contributed by atoms with Gasteiger partial charge in [-0.05, 0) is 23.8 Å². The molecule has 3 rings (SSSR count). The van der Waals surface area contributed by atoms with Crippen molar-refractivity contribution < 1.29 is 13.2 Å². The molecule has 3 aromatic rings. The number of alkyl halides is 3. The van der Waals surface area contributed by atoms with Gasteiger partial charge >= 0.3 is 6.18 Å². The van der Waals surface area contributed by atoms with Crippen LogP contribution in [0.2, 0.25) is 5.02 Å². The Hall–Kier alpha value is -2.01. The Morgan fingerprint density at radius 2 is 1.86 bits per heavy atom. The van der Waals surface area contributed by atoms with Crippen molar-refractivity contribution in [3.8, 4) is 0 Å². The molecule has 0 saturated heterocycles. The number of hydrogen-bond acceptors (Lipinski definition) is 1. The van der Waals surface area contributed by atoms with Crippen molar-refractivity contribution in [1.29, 1.82) is 0 Å². The fourth-order valence-electron chi connectivity index (χ4n) is 2.27. The number of rotatable bonds is 2. The zero-order valence-electron chi connectivity index (χ0n) is 10.7. The van der Waals surface area contributed by atoms with E-state index in [-0.39, 0.29) is 12.0 Å². The lowest BCUT2D eigenvalue weighted by Crippen LogP contribution is -2.10. The van der Waals surface area contributed by atoms with Crippen molar-refractivity contribution in [1.82, 2.24) is 9.38 Å². The maximum Gasteiger partial charge on any atom is 0.416 e. The lowest BCUT2D eigenvalue weighted by atomic mass is 10.0. The van der Waals surface area contributed by atoms with Crippen LogP contribution >= 0.6 is 11.6 Å². The second-order valence-electron chi connectivity index (χ2n) is 4.65. The summed E-state index contributed by atoms with van der Waals surface area (Å²) >= 11 is 5.93. The normalized spacial score (nSPS) is 12.0. The smallest absolute Gasteiger partial charge is 0.302 e. The summed E-state index contributed by atoms with van der Waals surface area (Å²) in [5, 5.41) is 0.505. The van der Waals surface area contributed by atoms with Crippen LogP contribution in [0.1, 0.15) is 17.0 Å². The summed E-state index contributed by atoms with van der Waals surface area (Å²) in [6, 6.07) is 9.01. The highest BCUT2D eigenvalue weighted by Gasteiger charge is 2.33. The van der Waals surface area contributed by atoms with Crippen molar-refractivity contribution in [2.75, 3.05) is 0 Å². The van der Waals surface area contributed by atoms with E-state index in [1.165, 1.54) is 12.1 Å². The van der Waals surface area contributed by atoms with Gasteiger partial charge in [0.1, 0.15) is 5.82 Å². The maximum atomic E-state index is 13.0. The molecule has 0 spiro atoms. The number of halogens is 4. The van der Waals surface area contributed by atoms with Crippen LogP contribution in [0.5, 0.6) is 0 Å². The predicted octanol–water partition coefficient (Wildman–Crippen LogP) is 4.60. The predicted molar refractivity (Wildman–Crippen MR) is 74.5 cm³/mol. The average molecular weight is 311 g/mol. The molecule has 0 bridgehead atoms. The minimum absolute atomic E-state index is 0.0875. The van der Waals surface area contributed by atoms with Gasteiger partial charge in [0.25, 0.3) is 0 Å². The summed E-state index contributed by atoms with van der Waals surface area (Å²) in [6.45, 7) is 0. The Morgan fingerprint density at radius 3 is 2.62 bits per heavy atom. The lowest BCUT2D eigenvalue weighted by molar-refractivity contribution is -0.138. The van der Waals surface area contributed by atoms with Crippen molar-refractivity contribution in [3.05, 3.63) is 70.8 Å². The SMILES string of the molecule is FC(F)(F)c1ccccc1Cc1ncc2ccc(Cl)cn12. The third-order valence-electron chi connectivity index (χ3n) is 3.24. The molecule has 0 atom stereocenters. The van der Waals surface area contributed by atoms with E-state index in [1.54, 1.807) is 35.0 Å². The molecule has 2 nitrogen and oxygen atoms in total. The van der Waals surface area contributed by atoms with Crippen LogP contribution < -0.4 is 0 Å². The van der Waals surface area contributed by atoms with E-state index in [2.05, 4.69) is 4.98 Å². The zero-order valence-corrected chi connectivity index (χ0v) is 11.5. The van der Waals surface area contributed by atoms with Crippen molar-refractivity contribution in [2.24, 2.45) is 0 Å². The van der Waals surface area contributed by atoms with Crippen molar-refractivity contribution in [3.63, 3.8) is 0 Å². The van der Waals surface area contributed by atoms with E-state index in [1.807, 2.05) is 0 Å². The average Bonchev–Trinajstić information content (AvgIpc) is 2.81. The molecular weight excluding hydrogens is 301 g/mol. The highest BCUT2D eigenvalue weighted by Crippen LogP contribution is 2.32. The molecule has 0 unspecified atom stereocenters. The number of nitrogens with zero attached hydrogens (tertiary/aromatic N) is 2. The summed E-state index contributed by atoms with van der Waals surface area (Å²) in [7, 11) is 0. The molecule has 2 heterocycles. The summed E-state index contributed by atoms with van der Waals surface area (Å²) in [4.78, 5) is 4.19. The summed E-state index contributed by atoms with van der Waals surface area (Å²) in [5.74, 6) is 0.518. The van der Waals surface area contributed by atoms with Crippen LogP contribution in [0.25, 0.3) is 5.52 Å². The van der Waals surface area contributed by atoms with Crippen LogP contribution in [-0.2, 0) is 12.6 Å². The van der Waals surface area contributed by atoms with Gasteiger partial charge in [0.05, 0.1) is 22.3 Å². The standard InChI is InChI=1S/C15H10ClF3N2/c16-11-5-6-12-8-20-14(21(12)9-11)7-10-3-1-2-4-13(10)15(17,18)19/h1-6,8-9H,7H2. The van der Waals surface area contributed by atoms with E-state index in [0.717, 1.165) is 11.6 Å². The molecular formula is C15H10ClF3N2. The van der Waals surface area contributed by atoms with Gasteiger partial charge in [0, 0.05) is 12.6 Å². The van der Waals surface area contributed by atoms with Gasteiger partial charge in [-0.3, -0.25) is 0 Å². The van der Waals surface area contributed by atoms with Crippen LogP contribution in [0, 0.1) is 0 Å². The molecule has 0 aliphatic carbocycles. The first-order chi connectivity index (χ1) is 9.95. The third-order valence-corrected chi connectivity index (χ3v) is 3.46. The Bertz CT molecular complexity index is 793. The number of aromatic nitrogens is 2. The van der Waals surface area contributed by atoms with Crippen LogP contribution in [0.3, 0.4) is 0 Å². The summed E-state index contributed by atoms with van der Waals surface area (Å²) < 4.78 is 40.7.